The largest absolute Gasteiger partial charge is 3.00 e. The Kier molecular flexibility index (Phi) is 17800. The minimum Gasteiger partial charge on any atom is -1.00 e. The fraction of sp³-hybridized carbons (Fsp3) is 0. The normalized spacial score (nSPS) is 0. The van der Waals surface area contributed by atoms with Crippen LogP contribution in [0.3, 0.4) is 0 Å². The molecule has 0 aromatic carbocycles. The van der Waals surface area contributed by atoms with Crippen LogP contribution >= 0.6 is 0 Å². The van der Waals surface area contributed by atoms with Crippen molar-refractivity contribution in [3.63, 3.8) is 0 Å². The van der Waals surface area contributed by atoms with Crippen molar-refractivity contribution in [2.45, 2.75) is 0 Å². The molecule has 0 aliphatic rings. The maximum Gasteiger partial charge on any atom is 3.00 e. The van der Waals surface area contributed by atoms with Gasteiger partial charge in [0.15, 0.2) is 0 Å². The molecule has 0 rings (SSSR count). The van der Waals surface area contributed by atoms with Crippen LogP contribution in [0.2, 0.25) is 0 Å². The third kappa shape index (κ3) is 369. The molecule has 2 radical (unpaired) electrons. The van der Waals surface area contributed by atoms with Gasteiger partial charge in [-0.3, -0.25) is 0 Å². The fourth-order valence-corrected chi connectivity index (χ4v) is 0. The number of rotatable bonds is 0. The molecule has 0 saturated heterocycles. The quantitative estimate of drug-likeness (QED) is 0.273. The van der Waals surface area contributed by atoms with Crippen molar-refractivity contribution in [2.75, 3.05) is 0 Å². The molecule has 12 N–H and O–H groups in total. The van der Waals surface area contributed by atoms with Crippen molar-refractivity contribution in [1.29, 1.82) is 0 Å². The molecule has 0 aliphatic carbocycles. The van der Waals surface area contributed by atoms with Crippen LogP contribution in [0.5, 0.6) is 0 Å². The Morgan fingerprint density at radius 1 is 0.214 bits per heavy atom. The monoisotopic (exact) mass is 522 g/mol. The van der Waals surface area contributed by atoms with E-state index in [1.807, 2.05) is 0 Å². The molecular formula is H12Cl6O6Ru2. The van der Waals surface area contributed by atoms with Gasteiger partial charge in [-0.1, -0.05) is 0 Å². The van der Waals surface area contributed by atoms with Crippen LogP contribution < -0.4 is 74.4 Å². The third-order valence-corrected chi connectivity index (χ3v) is 0. The SMILES string of the molecule is O.O.O.O.O.O.[Cl-].[Cl-].[Cl-].[Cl-].[Cl-].[Cl-].[Ru+3].[Ru+3]. The number of hydrogen-bond acceptors (Lipinski definition) is 0. The third-order valence-electron chi connectivity index (χ3n) is 0. The van der Waals surface area contributed by atoms with Gasteiger partial charge >= 0.3 is 39.0 Å². The van der Waals surface area contributed by atoms with Crippen LogP contribution in [0, 0.1) is 0 Å². The average molecular weight is 523 g/mol. The summed E-state index contributed by atoms with van der Waals surface area (Å²) in [5.41, 5.74) is 0. The van der Waals surface area contributed by atoms with Crippen LogP contribution in [0.1, 0.15) is 0 Å². The Bertz CT molecular complexity index is 20.3. The van der Waals surface area contributed by atoms with Gasteiger partial charge in [0.2, 0.25) is 0 Å². The molecule has 106 valence electrons. The van der Waals surface area contributed by atoms with E-state index in [9.17, 15) is 0 Å². The fourth-order valence-electron chi connectivity index (χ4n) is 0. The van der Waals surface area contributed by atoms with E-state index >= 15 is 0 Å². The van der Waals surface area contributed by atoms with Crippen molar-refractivity contribution in [2.24, 2.45) is 0 Å². The van der Waals surface area contributed by atoms with Crippen molar-refractivity contribution >= 4 is 0 Å². The van der Waals surface area contributed by atoms with Crippen molar-refractivity contribution in [3.05, 3.63) is 0 Å². The molecule has 6 nitrogen and oxygen atoms in total. The topological polar surface area (TPSA) is 189 Å². The molecule has 0 aromatic heterocycles. The molecular weight excluding hydrogens is 511 g/mol. The van der Waals surface area contributed by atoms with Crippen LogP contribution in [0.4, 0.5) is 0 Å². The summed E-state index contributed by atoms with van der Waals surface area (Å²) in [7, 11) is 0. The van der Waals surface area contributed by atoms with E-state index in [0.717, 1.165) is 0 Å². The predicted octanol–water partition coefficient (Wildman–Crippen LogP) is -22.9. The van der Waals surface area contributed by atoms with E-state index < -0.39 is 0 Å². The Balaban J connectivity index is 0. The smallest absolute Gasteiger partial charge is 1.00 e. The molecule has 0 atom stereocenters. The molecule has 14 heavy (non-hydrogen) atoms. The van der Waals surface area contributed by atoms with Gasteiger partial charge < -0.3 is 107 Å². The van der Waals surface area contributed by atoms with Crippen molar-refractivity contribution < 1.29 is 146 Å². The van der Waals surface area contributed by atoms with Gasteiger partial charge in [-0.15, -0.1) is 0 Å². The molecule has 0 saturated carbocycles. The van der Waals surface area contributed by atoms with E-state index in [1.54, 1.807) is 0 Å². The zero-order chi connectivity index (χ0) is 0. The summed E-state index contributed by atoms with van der Waals surface area (Å²) in [4.78, 5) is 0. The summed E-state index contributed by atoms with van der Waals surface area (Å²) in [6, 6.07) is 0. The molecule has 0 unspecified atom stereocenters. The van der Waals surface area contributed by atoms with E-state index in [-0.39, 0.29) is 146 Å². The van der Waals surface area contributed by atoms with E-state index in [1.165, 1.54) is 0 Å². The Morgan fingerprint density at radius 3 is 0.214 bits per heavy atom. The van der Waals surface area contributed by atoms with E-state index in [2.05, 4.69) is 0 Å². The van der Waals surface area contributed by atoms with Gasteiger partial charge in [-0.25, -0.2) is 0 Å². The first-order valence-electron chi connectivity index (χ1n) is 0. The van der Waals surface area contributed by atoms with Gasteiger partial charge in [0.05, 0.1) is 0 Å². The molecule has 0 bridgehead atoms. The van der Waals surface area contributed by atoms with E-state index in [4.69, 9.17) is 0 Å². The second-order valence-corrected chi connectivity index (χ2v) is 0. The van der Waals surface area contributed by atoms with Gasteiger partial charge in [0.1, 0.15) is 0 Å². The van der Waals surface area contributed by atoms with Crippen molar-refractivity contribution in [1.82, 2.24) is 0 Å². The molecule has 0 fully saturated rings. The van der Waals surface area contributed by atoms with Gasteiger partial charge in [-0.2, -0.15) is 0 Å². The van der Waals surface area contributed by atoms with Gasteiger partial charge in [0.25, 0.3) is 0 Å². The Labute approximate surface area is 145 Å². The maximum atomic E-state index is 0. The van der Waals surface area contributed by atoms with Gasteiger partial charge in [-0.05, 0) is 0 Å². The van der Waals surface area contributed by atoms with Crippen LogP contribution in [0.25, 0.3) is 0 Å². The molecule has 0 aliphatic heterocycles. The predicted molar refractivity (Wildman–Crippen MR) is 21.7 cm³/mol. The maximum absolute atomic E-state index is 0. The van der Waals surface area contributed by atoms with E-state index in [0.29, 0.717) is 0 Å². The standard InChI is InChI=1S/6ClH.6H2O.2Ru/h6*1H;6*1H2;;/q;;;;;;;;;;;;2*+3/p-6. The Hall–Kier alpha value is 2.75. The van der Waals surface area contributed by atoms with Gasteiger partial charge in [0, 0.05) is 0 Å². The summed E-state index contributed by atoms with van der Waals surface area (Å²) < 4.78 is 0. The number of halogens is 6. The minimum absolute atomic E-state index is 0. The molecule has 0 aromatic rings. The zero-order valence-electron chi connectivity index (χ0n) is 5.97. The first-order valence-corrected chi connectivity index (χ1v) is 0. The number of hydrogen-bond donors (Lipinski definition) is 0. The van der Waals surface area contributed by atoms with Crippen LogP contribution in [-0.2, 0) is 39.0 Å². The second-order valence-electron chi connectivity index (χ2n) is 0. The molecule has 0 heterocycles. The summed E-state index contributed by atoms with van der Waals surface area (Å²) >= 11 is 0. The first-order chi connectivity index (χ1) is 0. The summed E-state index contributed by atoms with van der Waals surface area (Å²) in [6.45, 7) is 0. The summed E-state index contributed by atoms with van der Waals surface area (Å²) in [6.07, 6.45) is 0. The molecule has 0 amide bonds. The molecule has 0 spiro atoms. The first kappa shape index (κ1) is 550. The minimum atomic E-state index is 0. The van der Waals surface area contributed by atoms with Crippen LogP contribution in [0.15, 0.2) is 0 Å². The Morgan fingerprint density at radius 2 is 0.214 bits per heavy atom. The summed E-state index contributed by atoms with van der Waals surface area (Å²) in [5.74, 6) is 0. The second kappa shape index (κ2) is 454. The molecule has 14 heteroatoms. The van der Waals surface area contributed by atoms with Crippen molar-refractivity contribution in [3.8, 4) is 0 Å². The average Bonchev–Trinajstić information content (AvgIpc) is 0. The zero-order valence-corrected chi connectivity index (χ0v) is 14.0. The summed E-state index contributed by atoms with van der Waals surface area (Å²) in [5, 5.41) is 0. The van der Waals surface area contributed by atoms with Crippen LogP contribution in [-0.4, -0.2) is 32.9 Å².